The predicted octanol–water partition coefficient (Wildman–Crippen LogP) is 7.07. The number of nitrogens with zero attached hydrogens (tertiary/aromatic N) is 3. The third kappa shape index (κ3) is 9.23. The molecule has 1 amide bonds. The van der Waals surface area contributed by atoms with Crippen LogP contribution in [0.3, 0.4) is 0 Å². The number of ether oxygens (including phenoxy) is 3. The van der Waals surface area contributed by atoms with Crippen LogP contribution in [-0.2, 0) is 19.7 Å². The molecule has 3 unspecified atom stereocenters. The summed E-state index contributed by atoms with van der Waals surface area (Å²) in [5.41, 5.74) is 0.524. The van der Waals surface area contributed by atoms with Crippen LogP contribution in [0.25, 0.3) is 0 Å². The third-order valence-corrected chi connectivity index (χ3v) is 10.5. The minimum absolute atomic E-state index is 0.0492. The standard InChI is InChI=1S/C39H48N5O7P/c1-25(2)44(26(3)4)52(47)51-35(22-23-40)27(5)36(34-24-41-38(46)43-37(34)42-28(6)45)50-39(29-12-10-9-11-13-29,30-14-18-32(48-7)19-15-30)31-16-20-33(49-8)21-17-31/h9-21,24-27,35-36,47H,22H2,1-8H3,(H2,41,42,43,45,46)/t27?,35?,36?,52-/m0/s1. The highest BCUT2D eigenvalue weighted by atomic mass is 31.2. The molecule has 0 aliphatic rings. The first-order valence-corrected chi connectivity index (χ1v) is 18.2. The van der Waals surface area contributed by atoms with Crippen molar-refractivity contribution >= 4 is 20.3 Å². The number of rotatable bonds is 17. The van der Waals surface area contributed by atoms with Crippen LogP contribution in [0.5, 0.6) is 11.5 Å². The predicted molar refractivity (Wildman–Crippen MR) is 201 cm³/mol. The maximum absolute atomic E-state index is 12.6. The van der Waals surface area contributed by atoms with E-state index in [4.69, 9.17) is 18.7 Å². The molecule has 0 spiro atoms. The second-order valence-corrected chi connectivity index (χ2v) is 14.1. The summed E-state index contributed by atoms with van der Waals surface area (Å²) < 4.78 is 26.8. The molecule has 0 aliphatic heterocycles. The maximum atomic E-state index is 12.6. The monoisotopic (exact) mass is 729 g/mol. The zero-order chi connectivity index (χ0) is 38.0. The van der Waals surface area contributed by atoms with Crippen molar-refractivity contribution in [3.8, 4) is 17.6 Å². The molecule has 12 nitrogen and oxygen atoms in total. The Morgan fingerprint density at radius 2 is 1.44 bits per heavy atom. The molecular formula is C39H48N5O7P. The number of aromatic amines is 1. The Bertz CT molecular complexity index is 1790. The molecule has 1 heterocycles. The van der Waals surface area contributed by atoms with Gasteiger partial charge in [0.1, 0.15) is 22.9 Å². The lowest BCUT2D eigenvalue weighted by atomic mass is 9.79. The molecule has 4 aromatic rings. The number of H-pyrrole nitrogens is 1. The van der Waals surface area contributed by atoms with E-state index in [2.05, 4.69) is 21.4 Å². The van der Waals surface area contributed by atoms with Crippen molar-refractivity contribution in [3.05, 3.63) is 118 Å². The van der Waals surface area contributed by atoms with Gasteiger partial charge in [-0.05, 0) is 68.7 Å². The number of aromatic nitrogens is 2. The van der Waals surface area contributed by atoms with Crippen molar-refractivity contribution < 1.29 is 28.4 Å². The van der Waals surface area contributed by atoms with Gasteiger partial charge in [0, 0.05) is 36.7 Å². The van der Waals surface area contributed by atoms with E-state index < -0.39 is 43.8 Å². The first-order chi connectivity index (χ1) is 24.9. The second kappa shape index (κ2) is 18.2. The zero-order valence-corrected chi connectivity index (χ0v) is 31.8. The first kappa shape index (κ1) is 40.1. The number of carbonyl (C=O) groups excluding carboxylic acids is 1. The Balaban J connectivity index is 2.05. The number of methoxy groups -OCH3 is 2. The largest absolute Gasteiger partial charge is 0.497 e. The smallest absolute Gasteiger partial charge is 0.346 e. The summed E-state index contributed by atoms with van der Waals surface area (Å²) in [6, 6.07) is 26.8. The summed E-state index contributed by atoms with van der Waals surface area (Å²) in [5.74, 6) is 0.257. The van der Waals surface area contributed by atoms with Crippen molar-refractivity contribution in [3.63, 3.8) is 0 Å². The Morgan fingerprint density at radius 1 is 0.923 bits per heavy atom. The Hall–Kier alpha value is -4.63. The molecule has 52 heavy (non-hydrogen) atoms. The summed E-state index contributed by atoms with van der Waals surface area (Å²) in [6.45, 7) is 11.0. The number of carbonyl (C=O) groups is 1. The normalized spacial score (nSPS) is 14.1. The molecular weight excluding hydrogens is 681 g/mol. The minimum atomic E-state index is -2.15. The van der Waals surface area contributed by atoms with Gasteiger partial charge >= 0.3 is 5.69 Å². The second-order valence-electron chi connectivity index (χ2n) is 12.9. The van der Waals surface area contributed by atoms with E-state index in [1.807, 2.05) is 118 Å². The van der Waals surface area contributed by atoms with E-state index in [0.717, 1.165) is 16.7 Å². The minimum Gasteiger partial charge on any atom is -0.497 e. The van der Waals surface area contributed by atoms with Crippen LogP contribution in [0, 0.1) is 17.2 Å². The number of nitriles is 1. The number of amides is 1. The lowest BCUT2D eigenvalue weighted by Crippen LogP contribution is -2.40. The van der Waals surface area contributed by atoms with Crippen LogP contribution in [0.4, 0.5) is 5.82 Å². The van der Waals surface area contributed by atoms with Crippen LogP contribution >= 0.6 is 8.53 Å². The van der Waals surface area contributed by atoms with Crippen molar-refractivity contribution in [2.24, 2.45) is 5.92 Å². The van der Waals surface area contributed by atoms with Crippen molar-refractivity contribution in [2.75, 3.05) is 19.5 Å². The Labute approximate surface area is 306 Å². The highest BCUT2D eigenvalue weighted by Gasteiger charge is 2.44. The van der Waals surface area contributed by atoms with E-state index in [1.54, 1.807) is 14.2 Å². The van der Waals surface area contributed by atoms with E-state index in [1.165, 1.54) is 13.1 Å². The number of hydrogen-bond donors (Lipinski definition) is 3. The topological polar surface area (TPSA) is 159 Å². The molecule has 3 aromatic carbocycles. The van der Waals surface area contributed by atoms with Gasteiger partial charge in [0.25, 0.3) is 8.53 Å². The van der Waals surface area contributed by atoms with Crippen LogP contribution in [0.1, 0.15) is 76.3 Å². The van der Waals surface area contributed by atoms with Crippen molar-refractivity contribution in [2.45, 2.75) is 77.9 Å². The van der Waals surface area contributed by atoms with E-state index in [-0.39, 0.29) is 24.3 Å². The third-order valence-electron chi connectivity index (χ3n) is 8.77. The first-order valence-electron chi connectivity index (χ1n) is 17.1. The molecule has 0 saturated carbocycles. The van der Waals surface area contributed by atoms with E-state index >= 15 is 0 Å². The lowest BCUT2D eigenvalue weighted by Gasteiger charge is -2.43. The fourth-order valence-electron chi connectivity index (χ4n) is 6.34. The molecule has 1 aromatic heterocycles. The molecule has 13 heteroatoms. The summed E-state index contributed by atoms with van der Waals surface area (Å²) in [7, 11) is 1.04. The van der Waals surface area contributed by atoms with Gasteiger partial charge in [-0.2, -0.15) is 5.26 Å². The van der Waals surface area contributed by atoms with Gasteiger partial charge in [0.15, 0.2) is 0 Å². The SMILES string of the molecule is COc1ccc(C(OC(c2cnc(=O)[nH]c2NC(C)=O)C(C)C(CC#N)O[P@](O)N(C(C)C)C(C)C)(c2ccccc2)c2ccc(OC)cc2)cc1. The summed E-state index contributed by atoms with van der Waals surface area (Å²) in [6.07, 6.45) is -0.629. The molecule has 0 saturated heterocycles. The van der Waals surface area contributed by atoms with Crippen LogP contribution < -0.4 is 20.5 Å². The van der Waals surface area contributed by atoms with Gasteiger partial charge < -0.3 is 28.9 Å². The number of nitrogens with one attached hydrogen (secondary N) is 2. The Morgan fingerprint density at radius 3 is 1.90 bits per heavy atom. The molecule has 0 aliphatic carbocycles. The molecule has 0 fully saturated rings. The number of anilines is 1. The van der Waals surface area contributed by atoms with Crippen LogP contribution in [0.15, 0.2) is 89.9 Å². The molecule has 4 atom stereocenters. The fourth-order valence-corrected chi connectivity index (χ4v) is 7.75. The van der Waals surface area contributed by atoms with Gasteiger partial charge in [-0.1, -0.05) is 61.5 Å². The molecule has 4 rings (SSSR count). The van der Waals surface area contributed by atoms with Crippen LogP contribution in [0.2, 0.25) is 0 Å². The average Bonchev–Trinajstić information content (AvgIpc) is 3.12. The quantitative estimate of drug-likeness (QED) is 0.0758. The Kier molecular flexibility index (Phi) is 14.1. The summed E-state index contributed by atoms with van der Waals surface area (Å²) in [4.78, 5) is 43.3. The van der Waals surface area contributed by atoms with Gasteiger partial charge in [0.05, 0.1) is 38.9 Å². The van der Waals surface area contributed by atoms with Crippen molar-refractivity contribution in [1.82, 2.24) is 14.6 Å². The molecule has 276 valence electrons. The van der Waals surface area contributed by atoms with Gasteiger partial charge in [-0.15, -0.1) is 0 Å². The number of benzene rings is 3. The van der Waals surface area contributed by atoms with E-state index in [9.17, 15) is 19.7 Å². The summed E-state index contributed by atoms with van der Waals surface area (Å²) >= 11 is 0. The molecule has 3 N–H and O–H groups in total. The van der Waals surface area contributed by atoms with Crippen molar-refractivity contribution in [1.29, 1.82) is 5.26 Å². The van der Waals surface area contributed by atoms with Gasteiger partial charge in [0.2, 0.25) is 5.91 Å². The molecule has 0 radical (unpaired) electrons. The van der Waals surface area contributed by atoms with E-state index in [0.29, 0.717) is 17.1 Å². The summed E-state index contributed by atoms with van der Waals surface area (Å²) in [5, 5.41) is 12.8. The van der Waals surface area contributed by atoms with Gasteiger partial charge in [-0.25, -0.2) is 14.4 Å². The average molecular weight is 730 g/mol. The molecule has 0 bridgehead atoms. The van der Waals surface area contributed by atoms with Gasteiger partial charge in [-0.3, -0.25) is 9.78 Å². The highest BCUT2D eigenvalue weighted by molar-refractivity contribution is 7.43. The fraction of sp³-hybridized carbons (Fsp3) is 0.385. The number of hydrogen-bond acceptors (Lipinski definition) is 10. The zero-order valence-electron chi connectivity index (χ0n) is 30.9. The highest BCUT2D eigenvalue weighted by Crippen LogP contribution is 2.50. The van der Waals surface area contributed by atoms with Crippen LogP contribution in [-0.4, -0.2) is 57.8 Å². The maximum Gasteiger partial charge on any atom is 0.346 e. The lowest BCUT2D eigenvalue weighted by molar-refractivity contribution is -0.114.